The van der Waals surface area contributed by atoms with E-state index in [1.807, 2.05) is 13.8 Å². The number of ether oxygens (including phenoxy) is 1. The van der Waals surface area contributed by atoms with Gasteiger partial charge in [-0.1, -0.05) is 28.8 Å². The Morgan fingerprint density at radius 2 is 2.13 bits per heavy atom. The minimum atomic E-state index is 0.0000463. The second kappa shape index (κ2) is 6.48. The number of amides is 1. The highest BCUT2D eigenvalue weighted by Gasteiger charge is 2.23. The number of hydrogen-bond acceptors (Lipinski definition) is 2. The molecule has 0 saturated heterocycles. The molecule has 2 unspecified atom stereocenters. The largest absolute Gasteiger partial charge is 0.369 e. The van der Waals surface area contributed by atoms with E-state index in [1.54, 1.807) is 0 Å². The van der Waals surface area contributed by atoms with Gasteiger partial charge < -0.3 is 10.1 Å². The molecule has 1 aliphatic carbocycles. The Morgan fingerprint density at radius 1 is 1.47 bits per heavy atom. The van der Waals surface area contributed by atoms with E-state index in [0.717, 1.165) is 12.8 Å². The average Bonchev–Trinajstić information content (AvgIpc) is 2.18. The lowest BCUT2D eigenvalue weighted by molar-refractivity contribution is -0.127. The quantitative estimate of drug-likeness (QED) is 0.801. The molecule has 1 saturated carbocycles. The topological polar surface area (TPSA) is 38.3 Å². The van der Waals surface area contributed by atoms with Gasteiger partial charge in [0.05, 0.1) is 6.10 Å². The maximum atomic E-state index is 11.5. The van der Waals surface area contributed by atoms with Crippen LogP contribution in [0.4, 0.5) is 0 Å². The number of rotatable bonds is 4. The zero-order valence-corrected chi connectivity index (χ0v) is 11.0. The standard InChI is InChI=1S/C11H20BrNO2/c1-8(2)15-7-11(14)13-10-6-4-3-5-9(10)12/h8-10H,3-7H2,1-2H3,(H,13,14). The predicted molar refractivity (Wildman–Crippen MR) is 64.2 cm³/mol. The molecule has 1 aliphatic rings. The van der Waals surface area contributed by atoms with Gasteiger partial charge >= 0.3 is 0 Å². The van der Waals surface area contributed by atoms with E-state index in [9.17, 15) is 4.79 Å². The summed E-state index contributed by atoms with van der Waals surface area (Å²) in [5.41, 5.74) is 0. The molecule has 1 amide bonds. The summed E-state index contributed by atoms with van der Waals surface area (Å²) in [7, 11) is 0. The molecule has 0 aromatic heterocycles. The molecule has 1 N–H and O–H groups in total. The zero-order chi connectivity index (χ0) is 11.3. The molecular weight excluding hydrogens is 258 g/mol. The van der Waals surface area contributed by atoms with Crippen LogP contribution in [-0.4, -0.2) is 29.5 Å². The SMILES string of the molecule is CC(C)OCC(=O)NC1CCCCC1Br. The summed E-state index contributed by atoms with van der Waals surface area (Å²) in [5, 5.41) is 3.01. The summed E-state index contributed by atoms with van der Waals surface area (Å²) in [6.45, 7) is 4.04. The number of nitrogens with one attached hydrogen (secondary N) is 1. The van der Waals surface area contributed by atoms with Crippen LogP contribution in [0.2, 0.25) is 0 Å². The van der Waals surface area contributed by atoms with Gasteiger partial charge in [-0.3, -0.25) is 4.79 Å². The molecule has 0 aliphatic heterocycles. The Bertz CT molecular complexity index is 209. The van der Waals surface area contributed by atoms with Crippen LogP contribution in [0.25, 0.3) is 0 Å². The van der Waals surface area contributed by atoms with Gasteiger partial charge in [-0.2, -0.15) is 0 Å². The van der Waals surface area contributed by atoms with Crippen molar-refractivity contribution in [2.75, 3.05) is 6.61 Å². The van der Waals surface area contributed by atoms with E-state index in [-0.39, 0.29) is 24.7 Å². The summed E-state index contributed by atoms with van der Waals surface area (Å²) < 4.78 is 5.25. The van der Waals surface area contributed by atoms with Gasteiger partial charge in [-0.05, 0) is 26.7 Å². The Hall–Kier alpha value is -0.0900. The summed E-state index contributed by atoms with van der Waals surface area (Å²) in [5.74, 6) is 0.0000463. The van der Waals surface area contributed by atoms with E-state index < -0.39 is 0 Å². The average molecular weight is 278 g/mol. The first kappa shape index (κ1) is 13.0. The normalized spacial score (nSPS) is 26.7. The molecule has 4 heteroatoms. The van der Waals surface area contributed by atoms with Gasteiger partial charge in [0.1, 0.15) is 6.61 Å². The van der Waals surface area contributed by atoms with E-state index in [2.05, 4.69) is 21.2 Å². The molecule has 0 heterocycles. The molecular formula is C11H20BrNO2. The van der Waals surface area contributed by atoms with Crippen molar-refractivity contribution in [3.8, 4) is 0 Å². The summed E-state index contributed by atoms with van der Waals surface area (Å²) in [6, 6.07) is 0.280. The number of alkyl halides is 1. The van der Waals surface area contributed by atoms with Gasteiger partial charge in [0.15, 0.2) is 0 Å². The molecule has 3 nitrogen and oxygen atoms in total. The molecule has 0 aromatic carbocycles. The first-order chi connectivity index (χ1) is 7.09. The van der Waals surface area contributed by atoms with E-state index >= 15 is 0 Å². The highest BCUT2D eigenvalue weighted by atomic mass is 79.9. The van der Waals surface area contributed by atoms with E-state index in [1.165, 1.54) is 12.8 Å². The summed E-state index contributed by atoms with van der Waals surface area (Å²) >= 11 is 3.61. The molecule has 2 atom stereocenters. The van der Waals surface area contributed by atoms with Crippen LogP contribution in [0.1, 0.15) is 39.5 Å². The van der Waals surface area contributed by atoms with E-state index in [4.69, 9.17) is 4.74 Å². The van der Waals surface area contributed by atoms with Crippen LogP contribution in [0.15, 0.2) is 0 Å². The summed E-state index contributed by atoms with van der Waals surface area (Å²) in [4.78, 5) is 11.9. The minimum absolute atomic E-state index is 0.0000463. The molecule has 0 radical (unpaired) electrons. The van der Waals surface area contributed by atoms with Crippen LogP contribution in [0.3, 0.4) is 0 Å². The minimum Gasteiger partial charge on any atom is -0.369 e. The Balaban J connectivity index is 2.24. The third-order valence-corrected chi connectivity index (χ3v) is 3.67. The Morgan fingerprint density at radius 3 is 2.73 bits per heavy atom. The van der Waals surface area contributed by atoms with Crippen molar-refractivity contribution in [2.24, 2.45) is 0 Å². The molecule has 88 valence electrons. The maximum Gasteiger partial charge on any atom is 0.246 e. The Kier molecular flexibility index (Phi) is 5.61. The molecule has 0 aromatic rings. The molecule has 15 heavy (non-hydrogen) atoms. The summed E-state index contributed by atoms with van der Waals surface area (Å²) in [6.07, 6.45) is 4.80. The van der Waals surface area contributed by atoms with Crippen molar-refractivity contribution >= 4 is 21.8 Å². The highest BCUT2D eigenvalue weighted by Crippen LogP contribution is 2.24. The zero-order valence-electron chi connectivity index (χ0n) is 9.46. The second-order valence-electron chi connectivity index (χ2n) is 4.33. The van der Waals surface area contributed by atoms with Crippen LogP contribution in [0, 0.1) is 0 Å². The van der Waals surface area contributed by atoms with Crippen molar-refractivity contribution in [2.45, 2.75) is 56.5 Å². The monoisotopic (exact) mass is 277 g/mol. The number of carbonyl (C=O) groups is 1. The maximum absolute atomic E-state index is 11.5. The Labute approximate surface area is 100 Å². The number of hydrogen-bond donors (Lipinski definition) is 1. The van der Waals surface area contributed by atoms with Crippen molar-refractivity contribution < 1.29 is 9.53 Å². The van der Waals surface area contributed by atoms with Gasteiger partial charge in [-0.15, -0.1) is 0 Å². The van der Waals surface area contributed by atoms with Crippen molar-refractivity contribution in [3.05, 3.63) is 0 Å². The highest BCUT2D eigenvalue weighted by molar-refractivity contribution is 9.09. The van der Waals surface area contributed by atoms with Crippen LogP contribution in [-0.2, 0) is 9.53 Å². The lowest BCUT2D eigenvalue weighted by Gasteiger charge is -2.28. The van der Waals surface area contributed by atoms with E-state index in [0.29, 0.717) is 4.83 Å². The fourth-order valence-corrected chi connectivity index (χ4v) is 2.46. The van der Waals surface area contributed by atoms with Crippen molar-refractivity contribution in [3.63, 3.8) is 0 Å². The van der Waals surface area contributed by atoms with Crippen molar-refractivity contribution in [1.82, 2.24) is 5.32 Å². The third kappa shape index (κ3) is 4.98. The number of carbonyl (C=O) groups excluding carboxylic acids is 1. The lowest BCUT2D eigenvalue weighted by Crippen LogP contribution is -2.44. The van der Waals surface area contributed by atoms with Gasteiger partial charge in [0.25, 0.3) is 0 Å². The molecule has 0 spiro atoms. The lowest BCUT2D eigenvalue weighted by atomic mass is 9.95. The molecule has 1 fully saturated rings. The second-order valence-corrected chi connectivity index (χ2v) is 5.51. The van der Waals surface area contributed by atoms with Crippen LogP contribution < -0.4 is 5.32 Å². The molecule has 1 rings (SSSR count). The van der Waals surface area contributed by atoms with Crippen molar-refractivity contribution in [1.29, 1.82) is 0 Å². The first-order valence-electron chi connectivity index (χ1n) is 5.64. The fraction of sp³-hybridized carbons (Fsp3) is 0.909. The predicted octanol–water partition coefficient (Wildman–Crippen LogP) is 2.23. The van der Waals surface area contributed by atoms with Gasteiger partial charge in [0, 0.05) is 10.9 Å². The van der Waals surface area contributed by atoms with Crippen LogP contribution >= 0.6 is 15.9 Å². The smallest absolute Gasteiger partial charge is 0.246 e. The molecule has 0 bridgehead atoms. The fourth-order valence-electron chi connectivity index (χ4n) is 1.74. The van der Waals surface area contributed by atoms with Crippen LogP contribution in [0.5, 0.6) is 0 Å². The van der Waals surface area contributed by atoms with Gasteiger partial charge in [0.2, 0.25) is 5.91 Å². The number of halogens is 1. The third-order valence-electron chi connectivity index (χ3n) is 2.58. The first-order valence-corrected chi connectivity index (χ1v) is 6.56. The van der Waals surface area contributed by atoms with Gasteiger partial charge in [-0.25, -0.2) is 0 Å².